The molecule has 3 heteroatoms. The molecular formula is C9H9ClOS. The lowest BCUT2D eigenvalue weighted by Crippen LogP contribution is -1.92. The summed E-state index contributed by atoms with van der Waals surface area (Å²) in [4.78, 5) is 11.3. The van der Waals surface area contributed by atoms with E-state index in [0.717, 1.165) is 5.75 Å². The van der Waals surface area contributed by atoms with Crippen molar-refractivity contribution in [1.29, 1.82) is 0 Å². The highest BCUT2D eigenvalue weighted by atomic mass is 35.5. The first-order valence-corrected chi connectivity index (χ1v) is 5.03. The molecule has 1 aromatic rings. The van der Waals surface area contributed by atoms with E-state index < -0.39 is 0 Å². The number of thioether (sulfide) groups is 1. The van der Waals surface area contributed by atoms with Crippen molar-refractivity contribution in [3.05, 3.63) is 34.9 Å². The van der Waals surface area contributed by atoms with Gasteiger partial charge in [0.2, 0.25) is 5.12 Å². The van der Waals surface area contributed by atoms with E-state index in [1.165, 1.54) is 11.8 Å². The van der Waals surface area contributed by atoms with E-state index in [1.54, 1.807) is 24.3 Å². The summed E-state index contributed by atoms with van der Waals surface area (Å²) in [7, 11) is 0. The Labute approximate surface area is 81.1 Å². The molecule has 0 aliphatic heterocycles. The third-order valence-corrected chi connectivity index (χ3v) is 2.39. The Bertz CT molecular complexity index is 268. The topological polar surface area (TPSA) is 17.1 Å². The first kappa shape index (κ1) is 9.62. The van der Waals surface area contributed by atoms with Crippen LogP contribution in [0.3, 0.4) is 0 Å². The quantitative estimate of drug-likeness (QED) is 0.729. The first-order chi connectivity index (χ1) is 5.74. The number of hydrogen-bond donors (Lipinski definition) is 0. The Morgan fingerprint density at radius 2 is 2.00 bits per heavy atom. The van der Waals surface area contributed by atoms with Crippen LogP contribution in [0.4, 0.5) is 0 Å². The minimum absolute atomic E-state index is 0.106. The van der Waals surface area contributed by atoms with E-state index >= 15 is 0 Å². The van der Waals surface area contributed by atoms with E-state index in [1.807, 2.05) is 6.92 Å². The van der Waals surface area contributed by atoms with Gasteiger partial charge in [-0.25, -0.2) is 0 Å². The largest absolute Gasteiger partial charge is 0.282 e. The van der Waals surface area contributed by atoms with E-state index in [-0.39, 0.29) is 5.12 Å². The second kappa shape index (κ2) is 4.53. The summed E-state index contributed by atoms with van der Waals surface area (Å²) >= 11 is 6.98. The smallest absolute Gasteiger partial charge is 0.219 e. The Balaban J connectivity index is 2.75. The van der Waals surface area contributed by atoms with Gasteiger partial charge in [-0.15, -0.1) is 0 Å². The van der Waals surface area contributed by atoms with Crippen LogP contribution in [0.25, 0.3) is 0 Å². The average Bonchev–Trinajstić information content (AvgIpc) is 2.06. The average molecular weight is 201 g/mol. The van der Waals surface area contributed by atoms with Gasteiger partial charge >= 0.3 is 0 Å². The zero-order chi connectivity index (χ0) is 8.97. The van der Waals surface area contributed by atoms with Crippen molar-refractivity contribution in [2.45, 2.75) is 6.92 Å². The van der Waals surface area contributed by atoms with Gasteiger partial charge in [0.25, 0.3) is 0 Å². The molecule has 0 aliphatic rings. The predicted molar refractivity (Wildman–Crippen MR) is 53.9 cm³/mol. The number of benzene rings is 1. The van der Waals surface area contributed by atoms with Crippen LogP contribution >= 0.6 is 23.4 Å². The molecule has 12 heavy (non-hydrogen) atoms. The molecule has 0 amide bonds. The second-order valence-electron chi connectivity index (χ2n) is 2.23. The first-order valence-electron chi connectivity index (χ1n) is 3.66. The number of carbonyl (C=O) groups excluding carboxylic acids is 1. The molecule has 0 radical (unpaired) electrons. The maximum atomic E-state index is 11.3. The SMILES string of the molecule is CCSC(=O)c1ccc(Cl)cc1. The lowest BCUT2D eigenvalue weighted by Gasteiger charge is -1.97. The van der Waals surface area contributed by atoms with Crippen molar-refractivity contribution in [3.63, 3.8) is 0 Å². The zero-order valence-electron chi connectivity index (χ0n) is 6.71. The van der Waals surface area contributed by atoms with E-state index in [2.05, 4.69) is 0 Å². The van der Waals surface area contributed by atoms with Crippen molar-refractivity contribution in [3.8, 4) is 0 Å². The third-order valence-electron chi connectivity index (χ3n) is 1.36. The van der Waals surface area contributed by atoms with Crippen molar-refractivity contribution in [2.24, 2.45) is 0 Å². The van der Waals surface area contributed by atoms with Crippen molar-refractivity contribution < 1.29 is 4.79 Å². The van der Waals surface area contributed by atoms with Crippen LogP contribution in [-0.2, 0) is 0 Å². The molecule has 0 saturated carbocycles. The van der Waals surface area contributed by atoms with Gasteiger partial charge < -0.3 is 0 Å². The summed E-state index contributed by atoms with van der Waals surface area (Å²) in [6.45, 7) is 1.96. The minimum Gasteiger partial charge on any atom is -0.282 e. The molecule has 0 aromatic heterocycles. The molecule has 0 N–H and O–H groups in total. The van der Waals surface area contributed by atoms with Gasteiger partial charge in [-0.05, 0) is 30.0 Å². The molecule has 0 heterocycles. The molecule has 0 unspecified atom stereocenters. The highest BCUT2D eigenvalue weighted by Crippen LogP contribution is 2.14. The molecule has 0 aliphatic carbocycles. The summed E-state index contributed by atoms with van der Waals surface area (Å²) in [5.74, 6) is 0.807. The maximum Gasteiger partial charge on any atom is 0.219 e. The van der Waals surface area contributed by atoms with Crippen LogP contribution in [0, 0.1) is 0 Å². The van der Waals surface area contributed by atoms with Crippen LogP contribution in [0.2, 0.25) is 5.02 Å². The normalized spacial score (nSPS) is 9.83. The lowest BCUT2D eigenvalue weighted by atomic mass is 10.2. The van der Waals surface area contributed by atoms with Gasteiger partial charge in [-0.1, -0.05) is 30.3 Å². The molecule has 0 saturated heterocycles. The van der Waals surface area contributed by atoms with Gasteiger partial charge in [-0.3, -0.25) is 4.79 Å². The van der Waals surface area contributed by atoms with Gasteiger partial charge in [0.15, 0.2) is 0 Å². The Hall–Kier alpha value is -0.470. The monoisotopic (exact) mass is 200 g/mol. The van der Waals surface area contributed by atoms with E-state index in [9.17, 15) is 4.79 Å². The fraction of sp³-hybridized carbons (Fsp3) is 0.222. The fourth-order valence-electron chi connectivity index (χ4n) is 0.800. The standard InChI is InChI=1S/C9H9ClOS/c1-2-12-9(11)7-3-5-8(10)6-4-7/h3-6H,2H2,1H3. The number of halogens is 1. The maximum absolute atomic E-state index is 11.3. The molecule has 1 aromatic carbocycles. The summed E-state index contributed by atoms with van der Waals surface area (Å²) in [6, 6.07) is 6.94. The van der Waals surface area contributed by atoms with Gasteiger partial charge in [0, 0.05) is 10.6 Å². The van der Waals surface area contributed by atoms with E-state index in [0.29, 0.717) is 10.6 Å². The Kier molecular flexibility index (Phi) is 3.63. The molecule has 0 spiro atoms. The van der Waals surface area contributed by atoms with Gasteiger partial charge in [0.05, 0.1) is 0 Å². The highest BCUT2D eigenvalue weighted by molar-refractivity contribution is 8.14. The molecular weight excluding hydrogens is 192 g/mol. The van der Waals surface area contributed by atoms with E-state index in [4.69, 9.17) is 11.6 Å². The summed E-state index contributed by atoms with van der Waals surface area (Å²) in [5.41, 5.74) is 0.714. The molecule has 1 nitrogen and oxygen atoms in total. The highest BCUT2D eigenvalue weighted by Gasteiger charge is 2.03. The molecule has 1 rings (SSSR count). The van der Waals surface area contributed by atoms with Crippen LogP contribution < -0.4 is 0 Å². The Morgan fingerprint density at radius 1 is 1.42 bits per heavy atom. The summed E-state index contributed by atoms with van der Waals surface area (Å²) in [6.07, 6.45) is 0. The van der Waals surface area contributed by atoms with Crippen LogP contribution in [0.1, 0.15) is 17.3 Å². The zero-order valence-corrected chi connectivity index (χ0v) is 8.28. The second-order valence-corrected chi connectivity index (χ2v) is 3.90. The molecule has 0 bridgehead atoms. The summed E-state index contributed by atoms with van der Waals surface area (Å²) in [5, 5.41) is 0.766. The number of carbonyl (C=O) groups is 1. The Morgan fingerprint density at radius 3 is 2.50 bits per heavy atom. The van der Waals surface area contributed by atoms with Crippen LogP contribution in [0.15, 0.2) is 24.3 Å². The van der Waals surface area contributed by atoms with Crippen LogP contribution in [0.5, 0.6) is 0 Å². The fourth-order valence-corrected chi connectivity index (χ4v) is 1.49. The number of rotatable bonds is 2. The van der Waals surface area contributed by atoms with Crippen molar-refractivity contribution in [2.75, 3.05) is 5.75 Å². The van der Waals surface area contributed by atoms with Crippen LogP contribution in [-0.4, -0.2) is 10.9 Å². The third kappa shape index (κ3) is 2.54. The minimum atomic E-state index is 0.106. The van der Waals surface area contributed by atoms with Crippen molar-refractivity contribution >= 4 is 28.5 Å². The van der Waals surface area contributed by atoms with Crippen molar-refractivity contribution in [1.82, 2.24) is 0 Å². The molecule has 0 atom stereocenters. The predicted octanol–water partition coefficient (Wildman–Crippen LogP) is 3.23. The van der Waals surface area contributed by atoms with Gasteiger partial charge in [0.1, 0.15) is 0 Å². The van der Waals surface area contributed by atoms with Gasteiger partial charge in [-0.2, -0.15) is 0 Å². The molecule has 0 fully saturated rings. The summed E-state index contributed by atoms with van der Waals surface area (Å²) < 4.78 is 0. The lowest BCUT2D eigenvalue weighted by molar-refractivity contribution is 0.108. The molecule has 64 valence electrons. The number of hydrogen-bond acceptors (Lipinski definition) is 2.